The van der Waals surface area contributed by atoms with Gasteiger partial charge >= 0.3 is 0 Å². The van der Waals surface area contributed by atoms with E-state index >= 15 is 0 Å². The monoisotopic (exact) mass is 269 g/mol. The Balaban J connectivity index is 1.84. The average molecular weight is 269 g/mol. The van der Waals surface area contributed by atoms with E-state index in [4.69, 9.17) is 4.74 Å². The van der Waals surface area contributed by atoms with Gasteiger partial charge in [0, 0.05) is 32.6 Å². The third kappa shape index (κ3) is 3.31. The number of thiophene rings is 1. The molecule has 1 aromatic heterocycles. The number of hydrogen-bond acceptors (Lipinski definition) is 4. The standard InChI is InChI=1S/C13H19NO3S/c1-10(11-2-7-18-8-11)12(15)14-9-13(16)3-5-17-6-4-13/h2,7-8,10,16H,3-6,9H2,1H3,(H,14,15). The van der Waals surface area contributed by atoms with E-state index in [2.05, 4.69) is 5.32 Å². The Morgan fingerprint density at radius 2 is 2.33 bits per heavy atom. The normalized spacial score (nSPS) is 20.3. The van der Waals surface area contributed by atoms with Crippen LogP contribution in [0.4, 0.5) is 0 Å². The predicted octanol–water partition coefficient (Wildman–Crippen LogP) is 1.51. The van der Waals surface area contributed by atoms with Crippen molar-refractivity contribution in [3.05, 3.63) is 22.4 Å². The summed E-state index contributed by atoms with van der Waals surface area (Å²) in [5.74, 6) is -0.201. The minimum Gasteiger partial charge on any atom is -0.388 e. The van der Waals surface area contributed by atoms with E-state index in [0.717, 1.165) is 5.56 Å². The van der Waals surface area contributed by atoms with Gasteiger partial charge in [-0.1, -0.05) is 0 Å². The molecule has 2 N–H and O–H groups in total. The molecule has 1 aliphatic rings. The first-order chi connectivity index (χ1) is 8.61. The molecule has 100 valence electrons. The fraction of sp³-hybridized carbons (Fsp3) is 0.615. The van der Waals surface area contributed by atoms with Crippen molar-refractivity contribution in [3.63, 3.8) is 0 Å². The Hall–Kier alpha value is -0.910. The highest BCUT2D eigenvalue weighted by Crippen LogP contribution is 2.21. The van der Waals surface area contributed by atoms with Gasteiger partial charge in [-0.15, -0.1) is 0 Å². The minimum atomic E-state index is -0.803. The van der Waals surface area contributed by atoms with Gasteiger partial charge in [0.15, 0.2) is 0 Å². The highest BCUT2D eigenvalue weighted by molar-refractivity contribution is 7.08. The van der Waals surface area contributed by atoms with Crippen LogP contribution in [0.15, 0.2) is 16.8 Å². The molecule has 4 nitrogen and oxygen atoms in total. The van der Waals surface area contributed by atoms with Crippen LogP contribution in [0.3, 0.4) is 0 Å². The summed E-state index contributed by atoms with van der Waals surface area (Å²) in [5, 5.41) is 17.0. The molecule has 1 saturated heterocycles. The van der Waals surface area contributed by atoms with Crippen molar-refractivity contribution in [1.82, 2.24) is 5.32 Å². The van der Waals surface area contributed by atoms with E-state index in [1.54, 1.807) is 11.3 Å². The number of carbonyl (C=O) groups is 1. The lowest BCUT2D eigenvalue weighted by molar-refractivity contribution is -0.125. The molecule has 1 fully saturated rings. The first-order valence-corrected chi connectivity index (χ1v) is 7.15. The molecule has 1 amide bonds. The van der Waals surface area contributed by atoms with Crippen LogP contribution >= 0.6 is 11.3 Å². The van der Waals surface area contributed by atoms with E-state index in [0.29, 0.717) is 32.6 Å². The second-order valence-electron chi connectivity index (χ2n) is 4.83. The van der Waals surface area contributed by atoms with Crippen LogP contribution in [0.25, 0.3) is 0 Å². The van der Waals surface area contributed by atoms with Crippen LogP contribution in [0.5, 0.6) is 0 Å². The summed E-state index contributed by atoms with van der Waals surface area (Å²) in [4.78, 5) is 12.0. The van der Waals surface area contributed by atoms with Crippen LogP contribution < -0.4 is 5.32 Å². The van der Waals surface area contributed by atoms with E-state index in [1.165, 1.54) is 0 Å². The number of aliphatic hydroxyl groups is 1. The molecule has 0 aliphatic carbocycles. The lowest BCUT2D eigenvalue weighted by atomic mass is 9.94. The van der Waals surface area contributed by atoms with Gasteiger partial charge in [0.05, 0.1) is 11.5 Å². The summed E-state index contributed by atoms with van der Waals surface area (Å²) >= 11 is 1.58. The van der Waals surface area contributed by atoms with Gasteiger partial charge < -0.3 is 15.2 Å². The lowest BCUT2D eigenvalue weighted by Crippen LogP contribution is -2.47. The molecule has 0 spiro atoms. The largest absolute Gasteiger partial charge is 0.388 e. The van der Waals surface area contributed by atoms with Crippen molar-refractivity contribution in [2.24, 2.45) is 0 Å². The molecule has 0 radical (unpaired) electrons. The quantitative estimate of drug-likeness (QED) is 0.871. The number of ether oxygens (including phenoxy) is 1. The molecule has 1 unspecified atom stereocenters. The molecule has 2 rings (SSSR count). The fourth-order valence-electron chi connectivity index (χ4n) is 2.01. The average Bonchev–Trinajstić information content (AvgIpc) is 2.90. The Morgan fingerprint density at radius 3 is 2.94 bits per heavy atom. The summed E-state index contributed by atoms with van der Waals surface area (Å²) in [6.45, 7) is 3.31. The Kier molecular flexibility index (Phi) is 4.37. The molecule has 5 heteroatoms. The number of rotatable bonds is 4. The molecular weight excluding hydrogens is 250 g/mol. The summed E-state index contributed by atoms with van der Waals surface area (Å²) in [6, 6.07) is 1.96. The van der Waals surface area contributed by atoms with Crippen molar-refractivity contribution >= 4 is 17.2 Å². The van der Waals surface area contributed by atoms with Gasteiger partial charge in [-0.25, -0.2) is 0 Å². The van der Waals surface area contributed by atoms with E-state index in [9.17, 15) is 9.90 Å². The van der Waals surface area contributed by atoms with Gasteiger partial charge in [0.2, 0.25) is 5.91 Å². The lowest BCUT2D eigenvalue weighted by Gasteiger charge is -2.32. The van der Waals surface area contributed by atoms with Crippen molar-refractivity contribution in [1.29, 1.82) is 0 Å². The van der Waals surface area contributed by atoms with Crippen LogP contribution in [-0.4, -0.2) is 36.4 Å². The van der Waals surface area contributed by atoms with Gasteiger partial charge in [-0.2, -0.15) is 11.3 Å². The SMILES string of the molecule is CC(C(=O)NCC1(O)CCOCC1)c1ccsc1. The zero-order valence-corrected chi connectivity index (χ0v) is 11.3. The molecule has 1 aromatic rings. The molecule has 0 saturated carbocycles. The Morgan fingerprint density at radius 1 is 1.61 bits per heavy atom. The Labute approximate surface area is 111 Å². The second-order valence-corrected chi connectivity index (χ2v) is 5.61. The first kappa shape index (κ1) is 13.5. The molecular formula is C13H19NO3S. The van der Waals surface area contributed by atoms with Gasteiger partial charge in [-0.05, 0) is 29.3 Å². The van der Waals surface area contributed by atoms with Crippen molar-refractivity contribution in [3.8, 4) is 0 Å². The highest BCUT2D eigenvalue weighted by atomic mass is 32.1. The van der Waals surface area contributed by atoms with E-state index in [-0.39, 0.29) is 11.8 Å². The van der Waals surface area contributed by atoms with Crippen molar-refractivity contribution in [2.45, 2.75) is 31.3 Å². The summed E-state index contributed by atoms with van der Waals surface area (Å²) < 4.78 is 5.21. The van der Waals surface area contributed by atoms with Gasteiger partial charge in [0.1, 0.15) is 0 Å². The molecule has 1 atom stereocenters. The fourth-order valence-corrected chi connectivity index (χ4v) is 2.76. The van der Waals surface area contributed by atoms with Crippen LogP contribution in [0.1, 0.15) is 31.2 Å². The van der Waals surface area contributed by atoms with Gasteiger partial charge in [-0.3, -0.25) is 4.79 Å². The van der Waals surface area contributed by atoms with Gasteiger partial charge in [0.25, 0.3) is 0 Å². The number of carbonyl (C=O) groups excluding carboxylic acids is 1. The van der Waals surface area contributed by atoms with Crippen LogP contribution in [-0.2, 0) is 9.53 Å². The number of hydrogen-bond donors (Lipinski definition) is 2. The molecule has 1 aliphatic heterocycles. The van der Waals surface area contributed by atoms with Crippen molar-refractivity contribution < 1.29 is 14.6 Å². The number of nitrogens with one attached hydrogen (secondary N) is 1. The number of amides is 1. The van der Waals surface area contributed by atoms with Crippen LogP contribution in [0, 0.1) is 0 Å². The second kappa shape index (κ2) is 5.82. The molecule has 2 heterocycles. The van der Waals surface area contributed by atoms with E-state index in [1.807, 2.05) is 23.8 Å². The summed E-state index contributed by atoms with van der Waals surface area (Å²) in [6.07, 6.45) is 1.17. The molecule has 0 bridgehead atoms. The Bertz CT molecular complexity index is 385. The minimum absolute atomic E-state index is 0.0340. The molecule has 0 aromatic carbocycles. The molecule has 18 heavy (non-hydrogen) atoms. The third-order valence-corrected chi connectivity index (χ3v) is 4.15. The summed E-state index contributed by atoms with van der Waals surface area (Å²) in [5.41, 5.74) is 0.221. The van der Waals surface area contributed by atoms with E-state index < -0.39 is 5.60 Å². The maximum atomic E-state index is 12.0. The maximum absolute atomic E-state index is 12.0. The summed E-state index contributed by atoms with van der Waals surface area (Å²) in [7, 11) is 0. The zero-order chi connectivity index (χ0) is 13.0. The highest BCUT2D eigenvalue weighted by Gasteiger charge is 2.30. The third-order valence-electron chi connectivity index (χ3n) is 3.45. The predicted molar refractivity (Wildman–Crippen MR) is 70.7 cm³/mol. The smallest absolute Gasteiger partial charge is 0.227 e. The zero-order valence-electron chi connectivity index (χ0n) is 10.5. The van der Waals surface area contributed by atoms with Crippen LogP contribution in [0.2, 0.25) is 0 Å². The first-order valence-electron chi connectivity index (χ1n) is 6.21. The van der Waals surface area contributed by atoms with Crippen molar-refractivity contribution in [2.75, 3.05) is 19.8 Å². The maximum Gasteiger partial charge on any atom is 0.227 e. The topological polar surface area (TPSA) is 58.6 Å².